The summed E-state index contributed by atoms with van der Waals surface area (Å²) in [6.45, 7) is 2.13. The van der Waals surface area contributed by atoms with Crippen molar-refractivity contribution in [3.63, 3.8) is 0 Å². The van der Waals surface area contributed by atoms with Crippen LogP contribution < -0.4 is 15.8 Å². The molecule has 0 bridgehead atoms. The predicted octanol–water partition coefficient (Wildman–Crippen LogP) is 1.80. The van der Waals surface area contributed by atoms with Crippen molar-refractivity contribution in [1.82, 2.24) is 14.9 Å². The number of halogens is 2. The second kappa shape index (κ2) is 9.05. The van der Waals surface area contributed by atoms with Crippen LogP contribution in [0, 0.1) is 0 Å². The number of sulfonamides is 1. The maximum atomic E-state index is 12.9. The van der Waals surface area contributed by atoms with Crippen LogP contribution in [0.1, 0.15) is 22.3 Å². The quantitative estimate of drug-likeness (QED) is 0.557. The van der Waals surface area contributed by atoms with Crippen molar-refractivity contribution in [2.24, 2.45) is 5.73 Å². The lowest BCUT2D eigenvalue weighted by atomic mass is 10.1. The molecule has 2 aromatic rings. The fourth-order valence-electron chi connectivity index (χ4n) is 3.74. The minimum Gasteiger partial charge on any atom is -0.333 e. The van der Waals surface area contributed by atoms with Crippen molar-refractivity contribution in [1.29, 1.82) is 0 Å². The van der Waals surface area contributed by atoms with E-state index in [0.29, 0.717) is 42.6 Å². The standard InChI is InChI=1S/C21H24Cl2N4O3S/c22-17-4-3-14(19(23)7-17)6-20(24)21(28)27-11-15-2-1-13(5-16(15)12-27)8-26-31(29,30)18-9-25-10-18/h1-5,7,18,20,25-26H,6,8-12,24H2/t20-/m1/s1. The number of fused-ring (bicyclic) bond motifs is 1. The van der Waals surface area contributed by atoms with E-state index in [1.54, 1.807) is 23.1 Å². The average Bonchev–Trinajstić information content (AvgIpc) is 3.09. The predicted molar refractivity (Wildman–Crippen MR) is 121 cm³/mol. The zero-order valence-electron chi connectivity index (χ0n) is 16.8. The van der Waals surface area contributed by atoms with Gasteiger partial charge in [-0.25, -0.2) is 13.1 Å². The molecule has 2 aromatic carbocycles. The first-order valence-corrected chi connectivity index (χ1v) is 12.3. The lowest BCUT2D eigenvalue weighted by molar-refractivity contribution is -0.133. The van der Waals surface area contributed by atoms with Crippen LogP contribution in [0.3, 0.4) is 0 Å². The van der Waals surface area contributed by atoms with E-state index in [0.717, 1.165) is 22.3 Å². The van der Waals surface area contributed by atoms with Crippen LogP contribution in [0.15, 0.2) is 36.4 Å². The molecule has 2 aliphatic heterocycles. The highest BCUT2D eigenvalue weighted by atomic mass is 35.5. The van der Waals surface area contributed by atoms with E-state index in [9.17, 15) is 13.2 Å². The minimum atomic E-state index is -3.32. The summed E-state index contributed by atoms with van der Waals surface area (Å²) in [5.74, 6) is -0.151. The van der Waals surface area contributed by atoms with Crippen molar-refractivity contribution in [3.05, 3.63) is 68.7 Å². The number of rotatable bonds is 7. The van der Waals surface area contributed by atoms with E-state index in [-0.39, 0.29) is 17.7 Å². The summed E-state index contributed by atoms with van der Waals surface area (Å²) in [6.07, 6.45) is 0.324. The first kappa shape index (κ1) is 22.5. The van der Waals surface area contributed by atoms with Crippen molar-refractivity contribution in [2.45, 2.75) is 37.3 Å². The summed E-state index contributed by atoms with van der Waals surface area (Å²) in [7, 11) is -3.32. The highest BCUT2D eigenvalue weighted by Crippen LogP contribution is 2.26. The summed E-state index contributed by atoms with van der Waals surface area (Å²) in [4.78, 5) is 14.6. The highest BCUT2D eigenvalue weighted by molar-refractivity contribution is 7.90. The number of hydrogen-bond acceptors (Lipinski definition) is 5. The van der Waals surface area contributed by atoms with Crippen LogP contribution in [-0.4, -0.2) is 43.6 Å². The van der Waals surface area contributed by atoms with Gasteiger partial charge in [0.05, 0.1) is 6.04 Å². The number of nitrogens with one attached hydrogen (secondary N) is 2. The Morgan fingerprint density at radius 2 is 1.90 bits per heavy atom. The number of benzene rings is 2. The van der Waals surface area contributed by atoms with Crippen LogP contribution in [0.2, 0.25) is 10.0 Å². The Balaban J connectivity index is 1.37. The molecular weight excluding hydrogens is 459 g/mol. The summed E-state index contributed by atoms with van der Waals surface area (Å²) in [5, 5.41) is 3.62. The largest absolute Gasteiger partial charge is 0.333 e. The molecule has 7 nitrogen and oxygen atoms in total. The van der Waals surface area contributed by atoms with Gasteiger partial charge in [0, 0.05) is 42.8 Å². The average molecular weight is 483 g/mol. The van der Waals surface area contributed by atoms with Gasteiger partial charge >= 0.3 is 0 Å². The van der Waals surface area contributed by atoms with Crippen LogP contribution >= 0.6 is 23.2 Å². The molecule has 0 aliphatic carbocycles. The summed E-state index contributed by atoms with van der Waals surface area (Å²) in [5.41, 5.74) is 9.87. The lowest BCUT2D eigenvalue weighted by Crippen LogP contribution is -2.54. The molecule has 31 heavy (non-hydrogen) atoms. The highest BCUT2D eigenvalue weighted by Gasteiger charge is 2.31. The second-order valence-electron chi connectivity index (χ2n) is 7.99. The van der Waals surface area contributed by atoms with Gasteiger partial charge in [-0.1, -0.05) is 47.5 Å². The Bertz CT molecular complexity index is 1110. The van der Waals surface area contributed by atoms with Crippen molar-refractivity contribution >= 4 is 39.1 Å². The van der Waals surface area contributed by atoms with E-state index in [4.69, 9.17) is 28.9 Å². The Kier molecular flexibility index (Phi) is 6.57. The van der Waals surface area contributed by atoms with Crippen LogP contribution in [0.25, 0.3) is 0 Å². The number of nitrogens with zero attached hydrogens (tertiary/aromatic N) is 1. The molecule has 0 saturated carbocycles. The Labute approximate surface area is 191 Å². The third-order valence-corrected chi connectivity index (χ3v) is 8.08. The van der Waals surface area contributed by atoms with Crippen LogP contribution in [0.4, 0.5) is 0 Å². The van der Waals surface area contributed by atoms with Gasteiger partial charge in [-0.2, -0.15) is 0 Å². The first-order valence-electron chi connectivity index (χ1n) is 10.0. The number of carbonyl (C=O) groups is 1. The van der Waals surface area contributed by atoms with Crippen molar-refractivity contribution < 1.29 is 13.2 Å². The van der Waals surface area contributed by atoms with Gasteiger partial charge in [-0.15, -0.1) is 0 Å². The molecule has 10 heteroatoms. The van der Waals surface area contributed by atoms with Gasteiger partial charge in [-0.05, 0) is 40.8 Å². The number of amides is 1. The molecule has 0 aromatic heterocycles. The maximum absolute atomic E-state index is 12.9. The second-order valence-corrected chi connectivity index (χ2v) is 10.9. The van der Waals surface area contributed by atoms with Crippen molar-refractivity contribution in [3.8, 4) is 0 Å². The van der Waals surface area contributed by atoms with E-state index < -0.39 is 16.1 Å². The Morgan fingerprint density at radius 3 is 2.58 bits per heavy atom. The molecule has 0 radical (unpaired) electrons. The molecule has 4 rings (SSSR count). The molecule has 1 atom stereocenters. The molecule has 2 aliphatic rings. The fourth-order valence-corrected chi connectivity index (χ4v) is 5.51. The molecule has 1 amide bonds. The summed E-state index contributed by atoms with van der Waals surface area (Å²) >= 11 is 12.1. The number of nitrogens with two attached hydrogens (primary N) is 1. The normalized spacial score (nSPS) is 17.3. The Hall–Kier alpha value is -1.68. The van der Waals surface area contributed by atoms with E-state index in [1.165, 1.54) is 0 Å². The molecule has 1 saturated heterocycles. The number of hydrogen-bond donors (Lipinski definition) is 3. The van der Waals surface area contributed by atoms with Gasteiger partial charge in [0.1, 0.15) is 5.25 Å². The zero-order chi connectivity index (χ0) is 22.2. The van der Waals surface area contributed by atoms with Crippen molar-refractivity contribution in [2.75, 3.05) is 13.1 Å². The molecule has 4 N–H and O–H groups in total. The molecule has 166 valence electrons. The monoisotopic (exact) mass is 482 g/mol. The Morgan fingerprint density at radius 1 is 1.16 bits per heavy atom. The van der Waals surface area contributed by atoms with Crippen LogP contribution in [0.5, 0.6) is 0 Å². The van der Waals surface area contributed by atoms with E-state index >= 15 is 0 Å². The summed E-state index contributed by atoms with van der Waals surface area (Å²) < 4.78 is 27.1. The minimum absolute atomic E-state index is 0.151. The number of carbonyl (C=O) groups excluding carboxylic acids is 1. The van der Waals surface area contributed by atoms with Gasteiger partial charge in [0.2, 0.25) is 15.9 Å². The molecular formula is C21H24Cl2N4O3S. The SMILES string of the molecule is N[C@H](Cc1ccc(Cl)cc1Cl)C(=O)N1Cc2ccc(CNS(=O)(=O)C3CNC3)cc2C1. The van der Waals surface area contributed by atoms with E-state index in [2.05, 4.69) is 10.0 Å². The molecule has 2 heterocycles. The third-order valence-electron chi connectivity index (χ3n) is 5.74. The van der Waals surface area contributed by atoms with E-state index in [1.807, 2.05) is 18.2 Å². The van der Waals surface area contributed by atoms with Gasteiger partial charge in [-0.3, -0.25) is 4.79 Å². The summed E-state index contributed by atoms with van der Waals surface area (Å²) in [6, 6.07) is 10.2. The van der Waals surface area contributed by atoms with Gasteiger partial charge < -0.3 is 16.0 Å². The fraction of sp³-hybridized carbons (Fsp3) is 0.381. The van der Waals surface area contributed by atoms with Gasteiger partial charge in [0.25, 0.3) is 0 Å². The topological polar surface area (TPSA) is 105 Å². The smallest absolute Gasteiger partial charge is 0.240 e. The maximum Gasteiger partial charge on any atom is 0.240 e. The third kappa shape index (κ3) is 5.05. The molecule has 0 unspecified atom stereocenters. The van der Waals surface area contributed by atoms with Crippen LogP contribution in [-0.2, 0) is 40.9 Å². The molecule has 0 spiro atoms. The molecule has 1 fully saturated rings. The van der Waals surface area contributed by atoms with Gasteiger partial charge in [0.15, 0.2) is 0 Å². The first-order chi connectivity index (χ1) is 14.7. The lowest BCUT2D eigenvalue weighted by Gasteiger charge is -2.26. The zero-order valence-corrected chi connectivity index (χ0v) is 19.1.